The van der Waals surface area contributed by atoms with Crippen LogP contribution < -0.4 is 9.92 Å². The molecule has 0 aliphatic rings. The van der Waals surface area contributed by atoms with Crippen LogP contribution in [0.15, 0.2) is 57.9 Å². The van der Waals surface area contributed by atoms with Gasteiger partial charge in [-0.3, -0.25) is 0 Å². The van der Waals surface area contributed by atoms with E-state index >= 15 is 0 Å². The second-order valence-electron chi connectivity index (χ2n) is 3.53. The van der Waals surface area contributed by atoms with Crippen molar-refractivity contribution >= 4 is 31.7 Å². The number of halogens is 1. The molecule has 0 amide bonds. The van der Waals surface area contributed by atoms with Crippen LogP contribution in [0.25, 0.3) is 0 Å². The van der Waals surface area contributed by atoms with Gasteiger partial charge in [0.05, 0.1) is 5.69 Å². The van der Waals surface area contributed by atoms with Gasteiger partial charge >= 0.3 is 10.1 Å². The monoisotopic (exact) mass is 327 g/mol. The fourth-order valence-corrected chi connectivity index (χ4v) is 2.70. The minimum absolute atomic E-state index is 0.0901. The van der Waals surface area contributed by atoms with Crippen LogP contribution >= 0.6 is 15.9 Å². The van der Waals surface area contributed by atoms with Gasteiger partial charge in [-0.2, -0.15) is 8.42 Å². The van der Waals surface area contributed by atoms with Crippen LogP contribution in [0.3, 0.4) is 0 Å². The first-order valence-electron chi connectivity index (χ1n) is 5.03. The molecule has 0 heterocycles. The molecule has 0 radical (unpaired) electrons. The standard InChI is InChI=1S/C12H10BrNO3S/c13-9-6-7-12(11(14)8-9)17-18(15,16)10-4-2-1-3-5-10/h1-8H,14H2. The summed E-state index contributed by atoms with van der Waals surface area (Å²) in [5.41, 5.74) is 5.94. The van der Waals surface area contributed by atoms with Crippen molar-refractivity contribution in [3.8, 4) is 5.75 Å². The van der Waals surface area contributed by atoms with Crippen LogP contribution in [0.1, 0.15) is 0 Å². The maximum atomic E-state index is 11.9. The lowest BCUT2D eigenvalue weighted by Crippen LogP contribution is -2.10. The zero-order valence-electron chi connectivity index (χ0n) is 9.21. The van der Waals surface area contributed by atoms with E-state index in [1.165, 1.54) is 18.2 Å². The summed E-state index contributed by atoms with van der Waals surface area (Å²) >= 11 is 3.24. The van der Waals surface area contributed by atoms with E-state index in [0.29, 0.717) is 0 Å². The van der Waals surface area contributed by atoms with Crippen molar-refractivity contribution in [1.29, 1.82) is 0 Å². The highest BCUT2D eigenvalue weighted by molar-refractivity contribution is 9.10. The Morgan fingerprint density at radius 2 is 1.72 bits per heavy atom. The van der Waals surface area contributed by atoms with Gasteiger partial charge in [0, 0.05) is 4.47 Å². The highest BCUT2D eigenvalue weighted by Crippen LogP contribution is 2.28. The highest BCUT2D eigenvalue weighted by atomic mass is 79.9. The number of hydrogen-bond donors (Lipinski definition) is 1. The van der Waals surface area contributed by atoms with Crippen LogP contribution in [-0.4, -0.2) is 8.42 Å². The summed E-state index contributed by atoms with van der Waals surface area (Å²) in [7, 11) is -3.84. The molecule has 2 aromatic rings. The Morgan fingerprint density at radius 3 is 2.33 bits per heavy atom. The Balaban J connectivity index is 2.34. The third kappa shape index (κ3) is 2.83. The molecule has 0 aliphatic heterocycles. The normalized spacial score (nSPS) is 11.2. The Bertz CT molecular complexity index is 656. The van der Waals surface area contributed by atoms with Crippen molar-refractivity contribution in [2.24, 2.45) is 0 Å². The smallest absolute Gasteiger partial charge is 0.339 e. The van der Waals surface area contributed by atoms with Gasteiger partial charge in [-0.25, -0.2) is 0 Å². The zero-order chi connectivity index (χ0) is 13.2. The van der Waals surface area contributed by atoms with Gasteiger partial charge < -0.3 is 9.92 Å². The topological polar surface area (TPSA) is 69.4 Å². The van der Waals surface area contributed by atoms with E-state index in [0.717, 1.165) is 4.47 Å². The molecule has 0 atom stereocenters. The van der Waals surface area contributed by atoms with Crippen molar-refractivity contribution in [3.63, 3.8) is 0 Å². The van der Waals surface area contributed by atoms with E-state index in [9.17, 15) is 8.42 Å². The molecule has 2 N–H and O–H groups in total. The maximum absolute atomic E-state index is 11.9. The lowest BCUT2D eigenvalue weighted by Gasteiger charge is -2.09. The molecule has 0 bridgehead atoms. The van der Waals surface area contributed by atoms with E-state index in [2.05, 4.69) is 15.9 Å². The van der Waals surface area contributed by atoms with E-state index in [4.69, 9.17) is 9.92 Å². The molecule has 0 fully saturated rings. The summed E-state index contributed by atoms with van der Waals surface area (Å²) in [6.07, 6.45) is 0. The lowest BCUT2D eigenvalue weighted by atomic mass is 10.3. The van der Waals surface area contributed by atoms with Gasteiger partial charge in [-0.05, 0) is 30.3 Å². The van der Waals surface area contributed by atoms with Crippen molar-refractivity contribution < 1.29 is 12.6 Å². The van der Waals surface area contributed by atoms with Gasteiger partial charge in [0.1, 0.15) is 4.90 Å². The quantitative estimate of drug-likeness (QED) is 0.695. The lowest BCUT2D eigenvalue weighted by molar-refractivity contribution is 0.487. The minimum atomic E-state index is -3.84. The van der Waals surface area contributed by atoms with Crippen molar-refractivity contribution in [2.75, 3.05) is 5.73 Å². The third-order valence-electron chi connectivity index (χ3n) is 2.20. The van der Waals surface area contributed by atoms with Crippen molar-refractivity contribution in [2.45, 2.75) is 4.90 Å². The number of benzene rings is 2. The summed E-state index contributed by atoms with van der Waals surface area (Å²) in [5.74, 6) is 0.113. The number of hydrogen-bond acceptors (Lipinski definition) is 4. The number of anilines is 1. The summed E-state index contributed by atoms with van der Waals surface area (Å²) in [6, 6.07) is 12.6. The van der Waals surface area contributed by atoms with Crippen molar-refractivity contribution in [1.82, 2.24) is 0 Å². The summed E-state index contributed by atoms with van der Waals surface area (Å²) in [5, 5.41) is 0. The van der Waals surface area contributed by atoms with E-state index in [1.54, 1.807) is 30.3 Å². The molecule has 0 aromatic heterocycles. The molecular weight excluding hydrogens is 318 g/mol. The van der Waals surface area contributed by atoms with E-state index in [1.807, 2.05) is 0 Å². The van der Waals surface area contributed by atoms with Crippen LogP contribution in [-0.2, 0) is 10.1 Å². The van der Waals surface area contributed by atoms with Crippen LogP contribution in [0.2, 0.25) is 0 Å². The molecule has 2 rings (SSSR count). The predicted molar refractivity (Wildman–Crippen MR) is 72.8 cm³/mol. The molecule has 0 aliphatic carbocycles. The van der Waals surface area contributed by atoms with Crippen LogP contribution in [0.4, 0.5) is 5.69 Å². The minimum Gasteiger partial charge on any atom is -0.396 e. The first-order valence-corrected chi connectivity index (χ1v) is 7.24. The Morgan fingerprint density at radius 1 is 1.06 bits per heavy atom. The van der Waals surface area contributed by atoms with E-state index in [-0.39, 0.29) is 16.3 Å². The third-order valence-corrected chi connectivity index (χ3v) is 3.94. The van der Waals surface area contributed by atoms with Gasteiger partial charge in [0.25, 0.3) is 0 Å². The SMILES string of the molecule is Nc1cc(Br)ccc1OS(=O)(=O)c1ccccc1. The molecule has 94 valence electrons. The number of nitrogens with two attached hydrogens (primary N) is 1. The Hall–Kier alpha value is -1.53. The number of rotatable bonds is 3. The molecule has 2 aromatic carbocycles. The molecule has 4 nitrogen and oxygen atoms in total. The first-order chi connectivity index (χ1) is 8.49. The zero-order valence-corrected chi connectivity index (χ0v) is 11.6. The van der Waals surface area contributed by atoms with Gasteiger partial charge in [-0.1, -0.05) is 34.1 Å². The molecule has 0 saturated carbocycles. The Kier molecular flexibility index (Phi) is 3.58. The average molecular weight is 328 g/mol. The van der Waals surface area contributed by atoms with Gasteiger partial charge in [0.15, 0.2) is 5.75 Å². The van der Waals surface area contributed by atoms with Crippen LogP contribution in [0.5, 0.6) is 5.75 Å². The van der Waals surface area contributed by atoms with Crippen molar-refractivity contribution in [3.05, 3.63) is 53.0 Å². The number of nitrogen functional groups attached to an aromatic ring is 1. The molecule has 18 heavy (non-hydrogen) atoms. The van der Waals surface area contributed by atoms with Gasteiger partial charge in [-0.15, -0.1) is 0 Å². The second kappa shape index (κ2) is 4.99. The summed E-state index contributed by atoms with van der Waals surface area (Å²) in [4.78, 5) is 0.0901. The molecule has 0 unspecified atom stereocenters. The molecular formula is C12H10BrNO3S. The molecule has 0 spiro atoms. The summed E-state index contributed by atoms with van der Waals surface area (Å²) < 4.78 is 29.7. The predicted octanol–water partition coefficient (Wildman–Crippen LogP) is 2.80. The fraction of sp³-hybridized carbons (Fsp3) is 0. The van der Waals surface area contributed by atoms with Crippen LogP contribution in [0, 0.1) is 0 Å². The average Bonchev–Trinajstić information content (AvgIpc) is 2.34. The first kappa shape index (κ1) is 12.9. The highest BCUT2D eigenvalue weighted by Gasteiger charge is 2.17. The van der Waals surface area contributed by atoms with E-state index < -0.39 is 10.1 Å². The fourth-order valence-electron chi connectivity index (χ4n) is 1.35. The molecule has 6 heteroatoms. The second-order valence-corrected chi connectivity index (χ2v) is 5.99. The Labute approximate surface area is 114 Å². The summed E-state index contributed by atoms with van der Waals surface area (Å²) in [6.45, 7) is 0. The maximum Gasteiger partial charge on any atom is 0.339 e. The largest absolute Gasteiger partial charge is 0.396 e. The van der Waals surface area contributed by atoms with Gasteiger partial charge in [0.2, 0.25) is 0 Å². The molecule has 0 saturated heterocycles.